The number of nitriles is 1. The van der Waals surface area contributed by atoms with Crippen LogP contribution in [-0.4, -0.2) is 20.9 Å². The number of fused-ring (bicyclic) bond motifs is 1. The number of hydrogen-bond acceptors (Lipinski definition) is 3. The van der Waals surface area contributed by atoms with E-state index >= 15 is 0 Å². The molecule has 0 spiro atoms. The maximum atomic E-state index is 11.3. The molecule has 0 aliphatic heterocycles. The maximum absolute atomic E-state index is 11.3. The summed E-state index contributed by atoms with van der Waals surface area (Å²) >= 11 is 3.43. The third-order valence-electron chi connectivity index (χ3n) is 3.80. The number of rotatable bonds is 3. The van der Waals surface area contributed by atoms with Crippen LogP contribution < -0.4 is 0 Å². The van der Waals surface area contributed by atoms with Crippen molar-refractivity contribution < 1.29 is 9.90 Å². The van der Waals surface area contributed by atoms with Crippen LogP contribution in [0.25, 0.3) is 16.6 Å². The molecule has 5 nitrogen and oxygen atoms in total. The molecule has 1 heterocycles. The van der Waals surface area contributed by atoms with Gasteiger partial charge in [0, 0.05) is 10.7 Å². The third kappa shape index (κ3) is 2.39. The smallest absolute Gasteiger partial charge is 0.335 e. The minimum Gasteiger partial charge on any atom is -0.478 e. The Morgan fingerprint density at radius 1 is 1.35 bits per heavy atom. The number of carboxylic acid groups (broad SMARTS) is 1. The van der Waals surface area contributed by atoms with E-state index in [0.717, 1.165) is 16.6 Å². The molecule has 0 radical (unpaired) electrons. The number of carbonyl (C=O) groups is 1. The van der Waals surface area contributed by atoms with E-state index in [1.807, 2.05) is 24.3 Å². The van der Waals surface area contributed by atoms with Gasteiger partial charge in [0.05, 0.1) is 28.0 Å². The Morgan fingerprint density at radius 2 is 2.09 bits per heavy atom. The first-order valence-electron chi connectivity index (χ1n) is 6.88. The molecule has 1 N–H and O–H groups in total. The second-order valence-corrected chi connectivity index (χ2v) is 5.62. The Balaban J connectivity index is 2.34. The summed E-state index contributed by atoms with van der Waals surface area (Å²) in [6.07, 6.45) is 0. The maximum Gasteiger partial charge on any atom is 0.335 e. The number of halogens is 1. The van der Waals surface area contributed by atoms with Crippen LogP contribution in [-0.2, 0) is 5.33 Å². The second-order valence-electron chi connectivity index (χ2n) is 5.06. The SMILES string of the molecule is Cc1c(C(=O)O)ccc(-n2nc(CBr)c3ccccc32)c1C#N. The van der Waals surface area contributed by atoms with Crippen molar-refractivity contribution in [2.75, 3.05) is 0 Å². The van der Waals surface area contributed by atoms with Crippen LogP contribution in [0.15, 0.2) is 36.4 Å². The molecule has 0 aliphatic carbocycles. The van der Waals surface area contributed by atoms with Gasteiger partial charge in [0.2, 0.25) is 0 Å². The number of nitrogens with zero attached hydrogens (tertiary/aromatic N) is 3. The van der Waals surface area contributed by atoms with Gasteiger partial charge < -0.3 is 5.11 Å². The first-order valence-corrected chi connectivity index (χ1v) is 8.00. The molecule has 0 unspecified atom stereocenters. The average molecular weight is 370 g/mol. The van der Waals surface area contributed by atoms with Crippen molar-refractivity contribution in [3.8, 4) is 11.8 Å². The Labute approximate surface area is 140 Å². The summed E-state index contributed by atoms with van der Waals surface area (Å²) in [5.41, 5.74) is 3.21. The Kier molecular flexibility index (Phi) is 3.89. The van der Waals surface area contributed by atoms with Crippen molar-refractivity contribution in [1.82, 2.24) is 9.78 Å². The number of alkyl halides is 1. The summed E-state index contributed by atoms with van der Waals surface area (Å²) in [5, 5.41) is 24.9. The van der Waals surface area contributed by atoms with E-state index < -0.39 is 5.97 Å². The predicted molar refractivity (Wildman–Crippen MR) is 90.1 cm³/mol. The summed E-state index contributed by atoms with van der Waals surface area (Å²) < 4.78 is 1.70. The normalized spacial score (nSPS) is 10.7. The number of aromatic nitrogens is 2. The average Bonchev–Trinajstić information content (AvgIpc) is 2.92. The zero-order valence-electron chi connectivity index (χ0n) is 12.2. The molecule has 23 heavy (non-hydrogen) atoms. The summed E-state index contributed by atoms with van der Waals surface area (Å²) in [6.45, 7) is 1.64. The van der Waals surface area contributed by atoms with Crippen LogP contribution in [0, 0.1) is 18.3 Å². The molecule has 1 aromatic heterocycles. The Morgan fingerprint density at radius 3 is 2.74 bits per heavy atom. The zero-order valence-corrected chi connectivity index (χ0v) is 13.8. The number of para-hydroxylation sites is 1. The molecule has 0 saturated carbocycles. The molecular weight excluding hydrogens is 358 g/mol. The lowest BCUT2D eigenvalue weighted by Crippen LogP contribution is -2.07. The van der Waals surface area contributed by atoms with E-state index in [1.54, 1.807) is 17.7 Å². The van der Waals surface area contributed by atoms with Gasteiger partial charge in [0.1, 0.15) is 6.07 Å². The first kappa shape index (κ1) is 15.3. The van der Waals surface area contributed by atoms with E-state index in [4.69, 9.17) is 0 Å². The van der Waals surface area contributed by atoms with Crippen molar-refractivity contribution in [3.05, 3.63) is 58.8 Å². The van der Waals surface area contributed by atoms with Gasteiger partial charge in [-0.3, -0.25) is 0 Å². The van der Waals surface area contributed by atoms with Crippen LogP contribution in [0.4, 0.5) is 0 Å². The number of carboxylic acids is 1. The molecule has 114 valence electrons. The minimum absolute atomic E-state index is 0.127. The van der Waals surface area contributed by atoms with Gasteiger partial charge >= 0.3 is 5.97 Å². The van der Waals surface area contributed by atoms with Gasteiger partial charge in [-0.15, -0.1) is 0 Å². The van der Waals surface area contributed by atoms with Gasteiger partial charge in [-0.1, -0.05) is 34.1 Å². The lowest BCUT2D eigenvalue weighted by atomic mass is 10.0. The molecule has 3 aromatic rings. The van der Waals surface area contributed by atoms with Crippen LogP contribution >= 0.6 is 15.9 Å². The molecule has 3 rings (SSSR count). The molecule has 0 fully saturated rings. The van der Waals surface area contributed by atoms with Gasteiger partial charge in [-0.25, -0.2) is 9.48 Å². The fourth-order valence-electron chi connectivity index (χ4n) is 2.66. The van der Waals surface area contributed by atoms with Crippen molar-refractivity contribution in [2.24, 2.45) is 0 Å². The molecule has 0 aliphatic rings. The molecule has 0 amide bonds. The topological polar surface area (TPSA) is 78.9 Å². The summed E-state index contributed by atoms with van der Waals surface area (Å²) in [4.78, 5) is 11.3. The summed E-state index contributed by atoms with van der Waals surface area (Å²) in [6, 6.07) is 13.0. The third-order valence-corrected chi connectivity index (χ3v) is 4.33. The van der Waals surface area contributed by atoms with Crippen molar-refractivity contribution >= 4 is 32.8 Å². The number of aromatic carboxylic acids is 1. The van der Waals surface area contributed by atoms with E-state index in [0.29, 0.717) is 22.1 Å². The molecule has 0 saturated heterocycles. The highest BCUT2D eigenvalue weighted by molar-refractivity contribution is 9.08. The molecule has 0 atom stereocenters. The van der Waals surface area contributed by atoms with E-state index in [1.165, 1.54) is 6.07 Å². The van der Waals surface area contributed by atoms with Crippen LogP contribution in [0.1, 0.15) is 27.2 Å². The van der Waals surface area contributed by atoms with Crippen LogP contribution in [0.2, 0.25) is 0 Å². The van der Waals surface area contributed by atoms with Gasteiger partial charge in [0.15, 0.2) is 0 Å². The molecule has 2 aromatic carbocycles. The highest BCUT2D eigenvalue weighted by Gasteiger charge is 2.18. The molecule has 6 heteroatoms. The lowest BCUT2D eigenvalue weighted by Gasteiger charge is -2.10. The van der Waals surface area contributed by atoms with Crippen molar-refractivity contribution in [3.63, 3.8) is 0 Å². The predicted octanol–water partition coefficient (Wildman–Crippen LogP) is 3.80. The van der Waals surface area contributed by atoms with E-state index in [-0.39, 0.29) is 5.56 Å². The monoisotopic (exact) mass is 369 g/mol. The van der Waals surface area contributed by atoms with Gasteiger partial charge in [-0.05, 0) is 30.7 Å². The fraction of sp³-hybridized carbons (Fsp3) is 0.118. The fourth-order valence-corrected chi connectivity index (χ4v) is 3.07. The Hall–Kier alpha value is -2.65. The largest absolute Gasteiger partial charge is 0.478 e. The number of benzene rings is 2. The standard InChI is InChI=1S/C17H12BrN3O2/c1-10-11(17(22)23)6-7-16(13(10)9-19)21-15-5-3-2-4-12(15)14(8-18)20-21/h2-7H,8H2,1H3,(H,22,23). The molecular formula is C17H12BrN3O2. The van der Waals surface area contributed by atoms with E-state index in [9.17, 15) is 15.2 Å². The lowest BCUT2D eigenvalue weighted by molar-refractivity contribution is 0.0696. The van der Waals surface area contributed by atoms with E-state index in [2.05, 4.69) is 27.1 Å². The summed E-state index contributed by atoms with van der Waals surface area (Å²) in [5.74, 6) is -1.04. The first-order chi connectivity index (χ1) is 11.1. The second kappa shape index (κ2) is 5.86. The highest BCUT2D eigenvalue weighted by atomic mass is 79.9. The van der Waals surface area contributed by atoms with Gasteiger partial charge in [0.25, 0.3) is 0 Å². The van der Waals surface area contributed by atoms with Crippen molar-refractivity contribution in [2.45, 2.75) is 12.3 Å². The van der Waals surface area contributed by atoms with Gasteiger partial charge in [-0.2, -0.15) is 10.4 Å². The summed E-state index contributed by atoms with van der Waals surface area (Å²) in [7, 11) is 0. The highest BCUT2D eigenvalue weighted by Crippen LogP contribution is 2.27. The van der Waals surface area contributed by atoms with Crippen LogP contribution in [0.5, 0.6) is 0 Å². The quantitative estimate of drug-likeness (QED) is 0.712. The van der Waals surface area contributed by atoms with Crippen LogP contribution in [0.3, 0.4) is 0 Å². The minimum atomic E-state index is -1.04. The molecule has 0 bridgehead atoms. The Bertz CT molecular complexity index is 970. The zero-order chi connectivity index (χ0) is 16.6. The van der Waals surface area contributed by atoms with Crippen molar-refractivity contribution in [1.29, 1.82) is 5.26 Å². The number of hydrogen-bond donors (Lipinski definition) is 1.